The molecule has 1 atom stereocenters. The van der Waals surface area contributed by atoms with Gasteiger partial charge in [-0.2, -0.15) is 4.73 Å². The normalized spacial score (nSPS) is 16.5. The molecule has 2 heterocycles. The van der Waals surface area contributed by atoms with Crippen LogP contribution in [0.3, 0.4) is 0 Å². The molecule has 3 nitrogen and oxygen atoms in total. The third kappa shape index (κ3) is 2.80. The molecular formula is C21H24N2O. The van der Waals surface area contributed by atoms with Crippen LogP contribution in [0.4, 0.5) is 0 Å². The second-order valence-electron chi connectivity index (χ2n) is 6.46. The van der Waals surface area contributed by atoms with Crippen LogP contribution in [0, 0.1) is 0 Å². The molecule has 1 unspecified atom stereocenters. The van der Waals surface area contributed by atoms with Crippen molar-refractivity contribution in [1.29, 1.82) is 0 Å². The topological polar surface area (TPSA) is 17.4 Å². The van der Waals surface area contributed by atoms with Gasteiger partial charge < -0.3 is 4.84 Å². The lowest BCUT2D eigenvalue weighted by molar-refractivity contribution is -0.0515. The average Bonchev–Trinajstić information content (AvgIpc) is 3.28. The largest absolute Gasteiger partial charge is 0.394 e. The fourth-order valence-corrected chi connectivity index (χ4v) is 3.60. The lowest BCUT2D eigenvalue weighted by atomic mass is 10.1. The van der Waals surface area contributed by atoms with Crippen LogP contribution in [0.15, 0.2) is 60.7 Å². The van der Waals surface area contributed by atoms with E-state index >= 15 is 0 Å². The van der Waals surface area contributed by atoms with E-state index in [0.717, 1.165) is 30.7 Å². The van der Waals surface area contributed by atoms with Crippen molar-refractivity contribution in [3.05, 3.63) is 60.7 Å². The van der Waals surface area contributed by atoms with Crippen LogP contribution < -0.4 is 4.84 Å². The van der Waals surface area contributed by atoms with E-state index in [1.165, 1.54) is 23.8 Å². The van der Waals surface area contributed by atoms with Crippen LogP contribution in [0.5, 0.6) is 0 Å². The van der Waals surface area contributed by atoms with Crippen LogP contribution in [-0.2, 0) is 0 Å². The van der Waals surface area contributed by atoms with Crippen molar-refractivity contribution in [2.24, 2.45) is 0 Å². The van der Waals surface area contributed by atoms with Gasteiger partial charge in [-0.3, -0.25) is 4.90 Å². The zero-order chi connectivity index (χ0) is 16.4. The molecule has 1 saturated heterocycles. The number of benzene rings is 2. The van der Waals surface area contributed by atoms with E-state index < -0.39 is 0 Å². The van der Waals surface area contributed by atoms with E-state index in [1.54, 1.807) is 0 Å². The molecule has 124 valence electrons. The molecule has 1 aromatic heterocycles. The van der Waals surface area contributed by atoms with Gasteiger partial charge >= 0.3 is 0 Å². The molecule has 0 bridgehead atoms. The lowest BCUT2D eigenvalue weighted by Crippen LogP contribution is -2.40. The summed E-state index contributed by atoms with van der Waals surface area (Å²) in [7, 11) is 0. The van der Waals surface area contributed by atoms with Crippen LogP contribution in [0.25, 0.3) is 22.2 Å². The molecule has 3 heteroatoms. The smallest absolute Gasteiger partial charge is 0.178 e. The van der Waals surface area contributed by atoms with Gasteiger partial charge in [0.25, 0.3) is 0 Å². The number of nitrogens with zero attached hydrogens (tertiary/aromatic N) is 2. The molecule has 0 radical (unpaired) electrons. The molecule has 0 spiro atoms. The van der Waals surface area contributed by atoms with Gasteiger partial charge in [0.1, 0.15) is 0 Å². The third-order valence-corrected chi connectivity index (χ3v) is 4.86. The molecule has 24 heavy (non-hydrogen) atoms. The van der Waals surface area contributed by atoms with Crippen molar-refractivity contribution in [3.63, 3.8) is 0 Å². The molecule has 2 aromatic carbocycles. The molecule has 0 amide bonds. The molecule has 1 aliphatic rings. The van der Waals surface area contributed by atoms with E-state index in [1.807, 2.05) is 4.73 Å². The monoisotopic (exact) mass is 320 g/mol. The highest BCUT2D eigenvalue weighted by molar-refractivity contribution is 5.86. The second-order valence-corrected chi connectivity index (χ2v) is 6.46. The summed E-state index contributed by atoms with van der Waals surface area (Å²) in [5.74, 6) is 0. The van der Waals surface area contributed by atoms with E-state index in [0.29, 0.717) is 0 Å². The van der Waals surface area contributed by atoms with Crippen molar-refractivity contribution < 1.29 is 4.84 Å². The van der Waals surface area contributed by atoms with Crippen LogP contribution in [-0.4, -0.2) is 28.9 Å². The van der Waals surface area contributed by atoms with E-state index in [4.69, 9.17) is 4.84 Å². The van der Waals surface area contributed by atoms with Crippen LogP contribution in [0.2, 0.25) is 0 Å². The highest BCUT2D eigenvalue weighted by Gasteiger charge is 2.24. The maximum absolute atomic E-state index is 6.53. The average molecular weight is 320 g/mol. The molecule has 4 rings (SSSR count). The predicted molar refractivity (Wildman–Crippen MR) is 98.8 cm³/mol. The van der Waals surface area contributed by atoms with E-state index in [-0.39, 0.29) is 6.23 Å². The number of aromatic nitrogens is 1. The number of fused-ring (bicyclic) bond motifs is 1. The van der Waals surface area contributed by atoms with Gasteiger partial charge in [0.2, 0.25) is 0 Å². The summed E-state index contributed by atoms with van der Waals surface area (Å²) in [5, 5.41) is 1.22. The fraction of sp³-hybridized carbons (Fsp3) is 0.333. The first-order valence-electron chi connectivity index (χ1n) is 8.94. The Labute approximate surface area is 143 Å². The molecule has 3 aromatic rings. The molecule has 0 saturated carbocycles. The Morgan fingerprint density at radius 2 is 1.67 bits per heavy atom. The standard InChI is InChI=1S/C21H24N2O/c1-2-21(22-14-8-9-15-22)24-23-19-13-7-6-12-18(19)16-20(23)17-10-4-3-5-11-17/h3-7,10-13,16,21H,2,8-9,14-15H2,1H3. The van der Waals surface area contributed by atoms with E-state index in [9.17, 15) is 0 Å². The Morgan fingerprint density at radius 1 is 0.958 bits per heavy atom. The summed E-state index contributed by atoms with van der Waals surface area (Å²) in [6, 6.07) is 21.2. The fourth-order valence-electron chi connectivity index (χ4n) is 3.60. The Balaban J connectivity index is 1.77. The van der Waals surface area contributed by atoms with E-state index in [2.05, 4.69) is 72.5 Å². The summed E-state index contributed by atoms with van der Waals surface area (Å²) in [5.41, 5.74) is 3.44. The Morgan fingerprint density at radius 3 is 2.42 bits per heavy atom. The van der Waals surface area contributed by atoms with Gasteiger partial charge in [0.05, 0.1) is 11.2 Å². The maximum Gasteiger partial charge on any atom is 0.178 e. The third-order valence-electron chi connectivity index (χ3n) is 4.86. The predicted octanol–water partition coefficient (Wildman–Crippen LogP) is 4.57. The summed E-state index contributed by atoms with van der Waals surface area (Å²) < 4.78 is 2.04. The van der Waals surface area contributed by atoms with Gasteiger partial charge in [0.15, 0.2) is 6.23 Å². The van der Waals surface area contributed by atoms with Crippen molar-refractivity contribution >= 4 is 10.9 Å². The van der Waals surface area contributed by atoms with Crippen molar-refractivity contribution in [2.45, 2.75) is 32.4 Å². The molecule has 0 N–H and O–H groups in total. The minimum absolute atomic E-state index is 0.130. The molecule has 0 aliphatic carbocycles. The minimum atomic E-state index is 0.130. The summed E-state index contributed by atoms with van der Waals surface area (Å²) in [4.78, 5) is 8.99. The first kappa shape index (κ1) is 15.3. The van der Waals surface area contributed by atoms with Gasteiger partial charge in [-0.05, 0) is 31.4 Å². The van der Waals surface area contributed by atoms with Crippen LogP contribution >= 0.6 is 0 Å². The zero-order valence-electron chi connectivity index (χ0n) is 14.2. The Hall–Kier alpha value is -2.26. The molecular weight excluding hydrogens is 296 g/mol. The summed E-state index contributed by atoms with van der Waals surface area (Å²) in [6.07, 6.45) is 3.67. The van der Waals surface area contributed by atoms with Crippen molar-refractivity contribution in [3.8, 4) is 11.3 Å². The number of rotatable bonds is 5. The molecule has 1 aliphatic heterocycles. The second kappa shape index (κ2) is 6.70. The maximum atomic E-state index is 6.53. The highest BCUT2D eigenvalue weighted by atomic mass is 16.7. The quantitative estimate of drug-likeness (QED) is 0.685. The van der Waals surface area contributed by atoms with Crippen molar-refractivity contribution in [2.75, 3.05) is 13.1 Å². The van der Waals surface area contributed by atoms with Crippen LogP contribution in [0.1, 0.15) is 26.2 Å². The van der Waals surface area contributed by atoms with Gasteiger partial charge in [-0.15, -0.1) is 0 Å². The Bertz CT molecular complexity index is 803. The number of likely N-dealkylation sites (tertiary alicyclic amines) is 1. The zero-order valence-corrected chi connectivity index (χ0v) is 14.2. The highest BCUT2D eigenvalue weighted by Crippen LogP contribution is 2.28. The van der Waals surface area contributed by atoms with Gasteiger partial charge in [-0.25, -0.2) is 0 Å². The number of hydrogen-bond donors (Lipinski definition) is 0. The number of para-hydroxylation sites is 1. The van der Waals surface area contributed by atoms with Gasteiger partial charge in [0, 0.05) is 24.0 Å². The Kier molecular flexibility index (Phi) is 4.26. The first-order chi connectivity index (χ1) is 11.9. The summed E-state index contributed by atoms with van der Waals surface area (Å²) >= 11 is 0. The summed E-state index contributed by atoms with van der Waals surface area (Å²) in [6.45, 7) is 4.48. The number of hydrogen-bond acceptors (Lipinski definition) is 2. The molecule has 1 fully saturated rings. The first-order valence-corrected chi connectivity index (χ1v) is 8.94. The van der Waals surface area contributed by atoms with Gasteiger partial charge in [-0.1, -0.05) is 55.5 Å². The SMILES string of the molecule is CCC(On1c(-c2ccccc2)cc2ccccc21)N1CCCC1. The van der Waals surface area contributed by atoms with Crippen molar-refractivity contribution in [1.82, 2.24) is 9.63 Å². The lowest BCUT2D eigenvalue weighted by Gasteiger charge is -2.28. The minimum Gasteiger partial charge on any atom is -0.394 e.